The third-order valence-corrected chi connectivity index (χ3v) is 5.95. The molecule has 0 amide bonds. The summed E-state index contributed by atoms with van der Waals surface area (Å²) in [6.07, 6.45) is 9.73. The molecule has 2 aliphatic rings. The monoisotopic (exact) mass is 332 g/mol. The molecule has 1 saturated carbocycles. The Morgan fingerprint density at radius 3 is 2.62 bits per heavy atom. The summed E-state index contributed by atoms with van der Waals surface area (Å²) in [6, 6.07) is 0. The van der Waals surface area contributed by atoms with E-state index < -0.39 is 0 Å². The molecule has 2 rings (SSSR count). The minimum atomic E-state index is 0.876. The maximum Gasteiger partial charge on any atom is 0.0113 e. The van der Waals surface area contributed by atoms with Crippen LogP contribution in [0.15, 0.2) is 11.6 Å². The van der Waals surface area contributed by atoms with E-state index in [0.29, 0.717) is 0 Å². The summed E-state index contributed by atoms with van der Waals surface area (Å²) < 4.78 is 0.932. The van der Waals surface area contributed by atoms with Gasteiger partial charge in [-0.2, -0.15) is 0 Å². The highest BCUT2D eigenvalue weighted by molar-refractivity contribution is 14.1. The van der Waals surface area contributed by atoms with Crippen LogP contribution in [0, 0.1) is 23.7 Å². The molecule has 0 bridgehead atoms. The molecular formula is C15H25I. The average Bonchev–Trinajstić information content (AvgIpc) is 2.25. The molecule has 5 atom stereocenters. The van der Waals surface area contributed by atoms with Gasteiger partial charge in [0.1, 0.15) is 0 Å². The van der Waals surface area contributed by atoms with Gasteiger partial charge in [0.25, 0.3) is 0 Å². The first-order valence-electron chi connectivity index (χ1n) is 6.89. The van der Waals surface area contributed by atoms with Crippen molar-refractivity contribution >= 4 is 22.6 Å². The second-order valence-corrected chi connectivity index (χ2v) is 7.92. The second-order valence-electron chi connectivity index (χ2n) is 6.16. The molecule has 0 aromatic heterocycles. The van der Waals surface area contributed by atoms with Crippen molar-refractivity contribution < 1.29 is 0 Å². The molecule has 1 heteroatoms. The molecule has 2 aliphatic carbocycles. The first-order chi connectivity index (χ1) is 7.58. The number of hydrogen-bond acceptors (Lipinski definition) is 0. The molecule has 0 heterocycles. The van der Waals surface area contributed by atoms with Gasteiger partial charge in [0.2, 0.25) is 0 Å². The summed E-state index contributed by atoms with van der Waals surface area (Å²) in [5.41, 5.74) is 1.64. The second kappa shape index (κ2) is 5.41. The Kier molecular flexibility index (Phi) is 4.37. The minimum Gasteiger partial charge on any atom is -0.0826 e. The van der Waals surface area contributed by atoms with Crippen LogP contribution in [-0.2, 0) is 0 Å². The fourth-order valence-corrected chi connectivity index (χ4v) is 4.56. The van der Waals surface area contributed by atoms with Crippen molar-refractivity contribution in [1.82, 2.24) is 0 Å². The fraction of sp³-hybridized carbons (Fsp3) is 0.867. The number of hydrogen-bond donors (Lipinski definition) is 0. The zero-order valence-corrected chi connectivity index (χ0v) is 13.0. The Labute approximate surface area is 114 Å². The molecule has 0 radical (unpaired) electrons. The lowest BCUT2D eigenvalue weighted by molar-refractivity contribution is 0.159. The smallest absolute Gasteiger partial charge is 0.0113 e. The van der Waals surface area contributed by atoms with E-state index in [0.717, 1.165) is 27.6 Å². The van der Waals surface area contributed by atoms with Crippen LogP contribution in [0.2, 0.25) is 0 Å². The maximum atomic E-state index is 2.67. The van der Waals surface area contributed by atoms with Crippen LogP contribution < -0.4 is 0 Å². The predicted molar refractivity (Wildman–Crippen MR) is 80.0 cm³/mol. The van der Waals surface area contributed by atoms with Gasteiger partial charge in [-0.15, -0.1) is 0 Å². The van der Waals surface area contributed by atoms with Crippen LogP contribution >= 0.6 is 22.6 Å². The van der Waals surface area contributed by atoms with E-state index in [1.54, 1.807) is 5.57 Å². The van der Waals surface area contributed by atoms with E-state index in [-0.39, 0.29) is 0 Å². The highest BCUT2D eigenvalue weighted by Crippen LogP contribution is 2.44. The summed E-state index contributed by atoms with van der Waals surface area (Å²) in [5.74, 6) is 3.70. The van der Waals surface area contributed by atoms with Crippen LogP contribution in [-0.4, -0.2) is 3.92 Å². The zero-order chi connectivity index (χ0) is 11.7. The highest BCUT2D eigenvalue weighted by atomic mass is 127. The SMILES string of the molecule is CC1=CC(C2CC(I)CCC2C)C(C)CC1. The normalized spacial score (nSPS) is 45.2. The van der Waals surface area contributed by atoms with Gasteiger partial charge in [0.15, 0.2) is 0 Å². The van der Waals surface area contributed by atoms with E-state index in [1.165, 1.54) is 32.1 Å². The molecule has 5 unspecified atom stereocenters. The van der Waals surface area contributed by atoms with Gasteiger partial charge < -0.3 is 0 Å². The van der Waals surface area contributed by atoms with Crippen molar-refractivity contribution in [3.05, 3.63) is 11.6 Å². The lowest BCUT2D eigenvalue weighted by Gasteiger charge is -2.41. The first-order valence-corrected chi connectivity index (χ1v) is 8.14. The topological polar surface area (TPSA) is 0 Å². The van der Waals surface area contributed by atoms with Crippen molar-refractivity contribution in [2.45, 2.75) is 56.8 Å². The first kappa shape index (κ1) is 12.9. The van der Waals surface area contributed by atoms with E-state index in [2.05, 4.69) is 49.4 Å². The highest BCUT2D eigenvalue weighted by Gasteiger charge is 2.35. The Morgan fingerprint density at radius 1 is 1.12 bits per heavy atom. The lowest BCUT2D eigenvalue weighted by Crippen LogP contribution is -2.33. The van der Waals surface area contributed by atoms with Crippen molar-refractivity contribution in [3.8, 4) is 0 Å². The third kappa shape index (κ3) is 2.83. The Balaban J connectivity index is 2.12. The molecule has 0 aliphatic heterocycles. The molecule has 0 nitrogen and oxygen atoms in total. The number of allylic oxidation sites excluding steroid dienone is 2. The van der Waals surface area contributed by atoms with Crippen LogP contribution in [0.5, 0.6) is 0 Å². The van der Waals surface area contributed by atoms with Gasteiger partial charge in [-0.1, -0.05) is 48.1 Å². The van der Waals surface area contributed by atoms with Crippen LogP contribution in [0.1, 0.15) is 52.9 Å². The number of halogens is 1. The van der Waals surface area contributed by atoms with Crippen molar-refractivity contribution in [3.63, 3.8) is 0 Å². The maximum absolute atomic E-state index is 2.67. The van der Waals surface area contributed by atoms with Gasteiger partial charge in [-0.25, -0.2) is 0 Å². The molecule has 0 spiro atoms. The molecular weight excluding hydrogens is 307 g/mol. The quantitative estimate of drug-likeness (QED) is 0.351. The summed E-state index contributed by atoms with van der Waals surface area (Å²) in [4.78, 5) is 0. The Morgan fingerprint density at radius 2 is 1.88 bits per heavy atom. The van der Waals surface area contributed by atoms with Crippen LogP contribution in [0.4, 0.5) is 0 Å². The predicted octanol–water partition coefficient (Wildman–Crippen LogP) is 5.22. The fourth-order valence-electron chi connectivity index (χ4n) is 3.61. The van der Waals surface area contributed by atoms with Crippen molar-refractivity contribution in [2.75, 3.05) is 0 Å². The van der Waals surface area contributed by atoms with E-state index in [4.69, 9.17) is 0 Å². The largest absolute Gasteiger partial charge is 0.0826 e. The standard InChI is InChI=1S/C15H25I/c1-10-4-5-11(2)14(8-10)15-9-13(16)7-6-12(15)3/h8,11-15H,4-7,9H2,1-3H3. The van der Waals surface area contributed by atoms with Crippen molar-refractivity contribution in [2.24, 2.45) is 23.7 Å². The van der Waals surface area contributed by atoms with Gasteiger partial charge in [-0.05, 0) is 62.7 Å². The van der Waals surface area contributed by atoms with Crippen LogP contribution in [0.25, 0.3) is 0 Å². The van der Waals surface area contributed by atoms with E-state index in [9.17, 15) is 0 Å². The molecule has 92 valence electrons. The summed E-state index contributed by atoms with van der Waals surface area (Å²) in [7, 11) is 0. The van der Waals surface area contributed by atoms with Gasteiger partial charge >= 0.3 is 0 Å². The minimum absolute atomic E-state index is 0.876. The zero-order valence-electron chi connectivity index (χ0n) is 10.9. The summed E-state index contributed by atoms with van der Waals surface area (Å²) in [5, 5.41) is 0. The molecule has 0 saturated heterocycles. The van der Waals surface area contributed by atoms with E-state index >= 15 is 0 Å². The molecule has 0 N–H and O–H groups in total. The van der Waals surface area contributed by atoms with E-state index in [1.807, 2.05) is 0 Å². The molecule has 1 fully saturated rings. The summed E-state index contributed by atoms with van der Waals surface area (Å²) in [6.45, 7) is 7.28. The van der Waals surface area contributed by atoms with Gasteiger partial charge in [-0.3, -0.25) is 0 Å². The Hall–Kier alpha value is 0.470. The average molecular weight is 332 g/mol. The third-order valence-electron chi connectivity index (χ3n) is 4.82. The lowest BCUT2D eigenvalue weighted by atomic mass is 9.66. The summed E-state index contributed by atoms with van der Waals surface area (Å²) >= 11 is 2.67. The Bertz CT molecular complexity index is 269. The van der Waals surface area contributed by atoms with Crippen LogP contribution in [0.3, 0.4) is 0 Å². The molecule has 16 heavy (non-hydrogen) atoms. The van der Waals surface area contributed by atoms with Gasteiger partial charge in [0, 0.05) is 3.92 Å². The van der Waals surface area contributed by atoms with Crippen molar-refractivity contribution in [1.29, 1.82) is 0 Å². The number of rotatable bonds is 1. The molecule has 0 aromatic carbocycles. The van der Waals surface area contributed by atoms with Gasteiger partial charge in [0.05, 0.1) is 0 Å². The number of alkyl halides is 1. The molecule has 0 aromatic rings.